The topological polar surface area (TPSA) is 0 Å². The molecule has 144 valence electrons. The van der Waals surface area contributed by atoms with Gasteiger partial charge in [0.2, 0.25) is 0 Å². The largest absolute Gasteiger partial charge is 0.0843 e. The van der Waals surface area contributed by atoms with Crippen molar-refractivity contribution in [1.29, 1.82) is 0 Å². The summed E-state index contributed by atoms with van der Waals surface area (Å²) < 4.78 is 0. The van der Waals surface area contributed by atoms with Gasteiger partial charge in [-0.05, 0) is 66.2 Å². The smallest absolute Gasteiger partial charge is 0.0406 e. The molecule has 0 aliphatic heterocycles. The predicted octanol–water partition coefficient (Wildman–Crippen LogP) is 8.37. The van der Waals surface area contributed by atoms with Gasteiger partial charge < -0.3 is 0 Å². The van der Waals surface area contributed by atoms with Crippen LogP contribution in [0.3, 0.4) is 0 Å². The summed E-state index contributed by atoms with van der Waals surface area (Å²) in [6, 6.07) is 18.9. The Hall–Kier alpha value is -1.27. The molecule has 2 aromatic rings. The van der Waals surface area contributed by atoms with Gasteiger partial charge in [0, 0.05) is 5.02 Å². The first-order chi connectivity index (χ1) is 12.1. The van der Waals surface area contributed by atoms with Crippen LogP contribution < -0.4 is 0 Å². The first kappa shape index (κ1) is 22.8. The number of halogens is 1. The van der Waals surface area contributed by atoms with E-state index in [1.54, 1.807) is 0 Å². The van der Waals surface area contributed by atoms with Gasteiger partial charge in [-0.25, -0.2) is 0 Å². The van der Waals surface area contributed by atoms with Crippen LogP contribution in [0.15, 0.2) is 54.6 Å². The van der Waals surface area contributed by atoms with Gasteiger partial charge in [0.05, 0.1) is 0 Å². The normalized spacial score (nSPS) is 11.7. The molecule has 2 rings (SSSR count). The summed E-state index contributed by atoms with van der Waals surface area (Å²) in [5, 5.41) is 0.819. The van der Waals surface area contributed by atoms with Gasteiger partial charge >= 0.3 is 0 Å². The van der Waals surface area contributed by atoms with E-state index in [-0.39, 0.29) is 0 Å². The van der Waals surface area contributed by atoms with Crippen molar-refractivity contribution >= 4 is 11.6 Å². The third-order valence-corrected chi connectivity index (χ3v) is 4.56. The van der Waals surface area contributed by atoms with E-state index < -0.39 is 0 Å². The molecule has 0 saturated carbocycles. The average molecular weight is 373 g/mol. The molecule has 0 heterocycles. The summed E-state index contributed by atoms with van der Waals surface area (Å²) in [6.07, 6.45) is 6.18. The van der Waals surface area contributed by atoms with E-state index in [0.29, 0.717) is 10.8 Å². The second-order valence-corrected chi connectivity index (χ2v) is 10.0. The number of benzene rings is 2. The van der Waals surface area contributed by atoms with E-state index >= 15 is 0 Å². The van der Waals surface area contributed by atoms with Crippen molar-refractivity contribution < 1.29 is 0 Å². The minimum absolute atomic E-state index is 0.416. The van der Waals surface area contributed by atoms with Gasteiger partial charge in [-0.1, -0.05) is 95.6 Å². The number of rotatable bonds is 5. The molecular formula is C25H37Cl. The van der Waals surface area contributed by atoms with Gasteiger partial charge in [0.25, 0.3) is 0 Å². The standard InChI is InChI=1S/C13H20.C12H17Cl/c1-13(2,3)11-7-10-12-8-5-4-6-9-12;1-12(2,3)9-8-10-4-6-11(13)7-5-10/h4-6,8-9H,7,10-11H2,1-3H3;4-7H,8-9H2,1-3H3. The van der Waals surface area contributed by atoms with Gasteiger partial charge in [-0.2, -0.15) is 0 Å². The lowest BCUT2D eigenvalue weighted by Gasteiger charge is -2.17. The van der Waals surface area contributed by atoms with Crippen molar-refractivity contribution in [3.63, 3.8) is 0 Å². The Labute approximate surface area is 167 Å². The van der Waals surface area contributed by atoms with Crippen LogP contribution in [0.1, 0.15) is 71.9 Å². The predicted molar refractivity (Wildman–Crippen MR) is 118 cm³/mol. The zero-order chi connectivity index (χ0) is 19.6. The van der Waals surface area contributed by atoms with Crippen LogP contribution in [0, 0.1) is 10.8 Å². The van der Waals surface area contributed by atoms with E-state index in [4.69, 9.17) is 11.6 Å². The molecule has 0 radical (unpaired) electrons. The van der Waals surface area contributed by atoms with Crippen LogP contribution in [0.5, 0.6) is 0 Å². The average Bonchev–Trinajstić information content (AvgIpc) is 2.54. The van der Waals surface area contributed by atoms with Gasteiger partial charge in [-0.3, -0.25) is 0 Å². The molecule has 0 unspecified atom stereocenters. The van der Waals surface area contributed by atoms with Crippen molar-refractivity contribution in [3.8, 4) is 0 Å². The van der Waals surface area contributed by atoms with E-state index in [1.807, 2.05) is 12.1 Å². The highest BCUT2D eigenvalue weighted by Crippen LogP contribution is 2.22. The highest BCUT2D eigenvalue weighted by molar-refractivity contribution is 6.30. The first-order valence-corrected chi connectivity index (χ1v) is 10.2. The molecule has 0 nitrogen and oxygen atoms in total. The highest BCUT2D eigenvalue weighted by atomic mass is 35.5. The van der Waals surface area contributed by atoms with Gasteiger partial charge in [0.1, 0.15) is 0 Å². The lowest BCUT2D eigenvalue weighted by atomic mass is 9.89. The minimum atomic E-state index is 0.416. The van der Waals surface area contributed by atoms with Gasteiger partial charge in [-0.15, -0.1) is 0 Å². The fourth-order valence-electron chi connectivity index (χ4n) is 2.64. The summed E-state index contributed by atoms with van der Waals surface area (Å²) in [4.78, 5) is 0. The molecule has 0 aliphatic rings. The molecule has 0 saturated heterocycles. The summed E-state index contributed by atoms with van der Waals surface area (Å²) in [7, 11) is 0. The third kappa shape index (κ3) is 12.1. The first-order valence-electron chi connectivity index (χ1n) is 9.84. The Balaban J connectivity index is 0.000000260. The Morgan fingerprint density at radius 2 is 1.12 bits per heavy atom. The molecule has 2 aromatic carbocycles. The Bertz CT molecular complexity index is 597. The quantitative estimate of drug-likeness (QED) is 0.494. The SMILES string of the molecule is CC(C)(C)CCCc1ccccc1.CC(C)(C)CCc1ccc(Cl)cc1. The van der Waals surface area contributed by atoms with E-state index in [1.165, 1.54) is 36.8 Å². The number of hydrogen-bond acceptors (Lipinski definition) is 0. The van der Waals surface area contributed by atoms with Crippen molar-refractivity contribution in [1.82, 2.24) is 0 Å². The maximum atomic E-state index is 5.80. The summed E-state index contributed by atoms with van der Waals surface area (Å²) in [5.41, 5.74) is 3.74. The van der Waals surface area contributed by atoms with Crippen molar-refractivity contribution in [2.75, 3.05) is 0 Å². The molecule has 1 heteroatoms. The number of aryl methyl sites for hydroxylation is 2. The molecule has 0 aromatic heterocycles. The molecule has 0 amide bonds. The van der Waals surface area contributed by atoms with Gasteiger partial charge in [0.15, 0.2) is 0 Å². The third-order valence-electron chi connectivity index (χ3n) is 4.31. The lowest BCUT2D eigenvalue weighted by Crippen LogP contribution is -2.06. The molecule has 0 atom stereocenters. The second kappa shape index (κ2) is 10.8. The van der Waals surface area contributed by atoms with Crippen LogP contribution in [0.25, 0.3) is 0 Å². The maximum Gasteiger partial charge on any atom is 0.0406 e. The second-order valence-electron chi connectivity index (χ2n) is 9.59. The van der Waals surface area contributed by atoms with Crippen molar-refractivity contribution in [2.45, 2.75) is 73.6 Å². The molecule has 0 bridgehead atoms. The van der Waals surface area contributed by atoms with Crippen molar-refractivity contribution in [3.05, 3.63) is 70.7 Å². The summed E-state index contributed by atoms with van der Waals surface area (Å²) >= 11 is 5.80. The van der Waals surface area contributed by atoms with Crippen LogP contribution in [-0.4, -0.2) is 0 Å². The van der Waals surface area contributed by atoms with E-state index in [0.717, 1.165) is 11.4 Å². The van der Waals surface area contributed by atoms with Crippen molar-refractivity contribution in [2.24, 2.45) is 10.8 Å². The molecular weight excluding hydrogens is 336 g/mol. The molecule has 0 fully saturated rings. The summed E-state index contributed by atoms with van der Waals surface area (Å²) in [5.74, 6) is 0. The fraction of sp³-hybridized carbons (Fsp3) is 0.520. The highest BCUT2D eigenvalue weighted by Gasteiger charge is 2.10. The number of hydrogen-bond donors (Lipinski definition) is 0. The van der Waals surface area contributed by atoms with E-state index in [9.17, 15) is 0 Å². The van der Waals surface area contributed by atoms with Crippen LogP contribution >= 0.6 is 11.6 Å². The fourth-order valence-corrected chi connectivity index (χ4v) is 2.76. The van der Waals surface area contributed by atoms with Crippen LogP contribution in [0.2, 0.25) is 5.02 Å². The lowest BCUT2D eigenvalue weighted by molar-refractivity contribution is 0.365. The molecule has 0 aliphatic carbocycles. The minimum Gasteiger partial charge on any atom is -0.0843 e. The molecule has 26 heavy (non-hydrogen) atoms. The van der Waals surface area contributed by atoms with E-state index in [2.05, 4.69) is 84.0 Å². The van der Waals surface area contributed by atoms with Crippen LogP contribution in [0.4, 0.5) is 0 Å². The molecule has 0 N–H and O–H groups in total. The Kier molecular flexibility index (Phi) is 9.44. The van der Waals surface area contributed by atoms with Crippen LogP contribution in [-0.2, 0) is 12.8 Å². The summed E-state index contributed by atoms with van der Waals surface area (Å²) in [6.45, 7) is 13.7. The molecule has 0 spiro atoms. The Morgan fingerprint density at radius 1 is 0.615 bits per heavy atom. The maximum absolute atomic E-state index is 5.80. The zero-order valence-electron chi connectivity index (χ0n) is 17.6. The monoisotopic (exact) mass is 372 g/mol. The Morgan fingerprint density at radius 3 is 1.62 bits per heavy atom. The zero-order valence-corrected chi connectivity index (χ0v) is 18.4.